The number of hydrogen-bond donors (Lipinski definition) is 1. The quantitative estimate of drug-likeness (QED) is 0.450. The van der Waals surface area contributed by atoms with Crippen molar-refractivity contribution in [1.82, 2.24) is 4.90 Å². The van der Waals surface area contributed by atoms with Crippen LogP contribution < -0.4 is 9.47 Å². The van der Waals surface area contributed by atoms with Gasteiger partial charge in [-0.2, -0.15) is 0 Å². The van der Waals surface area contributed by atoms with Crippen LogP contribution in [-0.2, 0) is 16.4 Å². The Kier molecular flexibility index (Phi) is 6.33. The second kappa shape index (κ2) is 8.66. The summed E-state index contributed by atoms with van der Waals surface area (Å²) in [6, 6.07) is 3.97. The SMILES string of the molecule is COc1ccc2c3c1O[C@H]1C[C@@H](O)C=C[C@@]31CCN(C(=O)O[Si](C(C)C)(C(C)C)C(C)C)C2. The van der Waals surface area contributed by atoms with Crippen molar-refractivity contribution in [3.05, 3.63) is 35.4 Å². The number of rotatable bonds is 5. The van der Waals surface area contributed by atoms with E-state index in [4.69, 9.17) is 13.9 Å². The second-order valence-electron chi connectivity index (χ2n) is 10.8. The van der Waals surface area contributed by atoms with Gasteiger partial charge >= 0.3 is 6.09 Å². The molecule has 0 saturated carbocycles. The zero-order chi connectivity index (χ0) is 24.1. The Morgan fingerprint density at radius 2 is 1.85 bits per heavy atom. The highest BCUT2D eigenvalue weighted by Gasteiger charge is 2.54. The maximum absolute atomic E-state index is 13.7. The molecule has 0 saturated heterocycles. The number of benzene rings is 1. The molecular weight excluding hydrogens is 434 g/mol. The van der Waals surface area contributed by atoms with Gasteiger partial charge in [0.1, 0.15) is 6.10 Å². The number of amides is 1. The van der Waals surface area contributed by atoms with Gasteiger partial charge < -0.3 is 23.9 Å². The standard InChI is InChI=1S/C26H39NO5Si/c1-16(2)33(17(3)4,18(5)6)32-25(29)27-13-12-26-11-10-20(28)14-22(26)31-24-21(30-7)9-8-19(15-27)23(24)26/h8-11,16-18,20,22,28H,12-15H2,1-7H3/t20-,22-,26-/m0/s1. The van der Waals surface area contributed by atoms with E-state index in [0.717, 1.165) is 23.3 Å². The van der Waals surface area contributed by atoms with Crippen LogP contribution in [0, 0.1) is 0 Å². The fourth-order valence-electron chi connectivity index (χ4n) is 6.66. The minimum absolute atomic E-state index is 0.172. The van der Waals surface area contributed by atoms with Gasteiger partial charge in [0.25, 0.3) is 8.32 Å². The van der Waals surface area contributed by atoms with Crippen LogP contribution in [0.1, 0.15) is 65.5 Å². The highest BCUT2D eigenvalue weighted by Crippen LogP contribution is 2.56. The molecule has 1 amide bonds. The van der Waals surface area contributed by atoms with Crippen LogP contribution in [0.2, 0.25) is 16.6 Å². The predicted molar refractivity (Wildman–Crippen MR) is 131 cm³/mol. The lowest BCUT2D eigenvalue weighted by Crippen LogP contribution is -2.52. The molecule has 6 nitrogen and oxygen atoms in total. The number of carbonyl (C=O) groups excluding carboxylic acids is 1. The molecule has 1 spiro atoms. The van der Waals surface area contributed by atoms with Crippen molar-refractivity contribution in [1.29, 1.82) is 0 Å². The maximum Gasteiger partial charge on any atom is 0.396 e. The predicted octanol–water partition coefficient (Wildman–Crippen LogP) is 5.53. The molecule has 1 aromatic rings. The average molecular weight is 474 g/mol. The Balaban J connectivity index is 1.71. The third-order valence-corrected chi connectivity index (χ3v) is 14.1. The minimum atomic E-state index is -2.34. The zero-order valence-corrected chi connectivity index (χ0v) is 22.1. The summed E-state index contributed by atoms with van der Waals surface area (Å²) in [5.41, 5.74) is 2.81. The first-order chi connectivity index (χ1) is 15.6. The monoisotopic (exact) mass is 473 g/mol. The van der Waals surface area contributed by atoms with Gasteiger partial charge in [-0.15, -0.1) is 0 Å². The van der Waals surface area contributed by atoms with Crippen LogP contribution >= 0.6 is 0 Å². The molecule has 0 unspecified atom stereocenters. The number of nitrogens with zero attached hydrogens (tertiary/aromatic N) is 1. The highest BCUT2D eigenvalue weighted by molar-refractivity contribution is 6.78. The van der Waals surface area contributed by atoms with E-state index in [1.54, 1.807) is 7.11 Å². The van der Waals surface area contributed by atoms with Crippen molar-refractivity contribution < 1.29 is 23.8 Å². The number of carbonyl (C=O) groups is 1. The molecule has 1 N–H and O–H groups in total. The van der Waals surface area contributed by atoms with Crippen molar-refractivity contribution in [3.8, 4) is 11.5 Å². The second-order valence-corrected chi connectivity index (χ2v) is 16.2. The normalized spacial score (nSPS) is 26.2. The molecule has 1 aromatic carbocycles. The lowest BCUT2D eigenvalue weighted by atomic mass is 9.69. The molecule has 33 heavy (non-hydrogen) atoms. The van der Waals surface area contributed by atoms with Gasteiger partial charge in [-0.1, -0.05) is 59.8 Å². The summed E-state index contributed by atoms with van der Waals surface area (Å²) in [6.45, 7) is 14.2. The summed E-state index contributed by atoms with van der Waals surface area (Å²) in [6.07, 6.45) is 4.34. The Morgan fingerprint density at radius 3 is 2.45 bits per heavy atom. The molecule has 0 radical (unpaired) electrons. The summed E-state index contributed by atoms with van der Waals surface area (Å²) < 4.78 is 18.5. The smallest absolute Gasteiger partial charge is 0.396 e. The van der Waals surface area contributed by atoms with E-state index in [1.807, 2.05) is 23.1 Å². The third kappa shape index (κ3) is 3.68. The number of aliphatic hydroxyl groups is 1. The van der Waals surface area contributed by atoms with Crippen molar-refractivity contribution in [2.24, 2.45) is 0 Å². The maximum atomic E-state index is 13.7. The fraction of sp³-hybridized carbons (Fsp3) is 0.654. The largest absolute Gasteiger partial charge is 0.503 e. The van der Waals surface area contributed by atoms with Gasteiger partial charge in [-0.3, -0.25) is 0 Å². The Hall–Kier alpha value is -1.99. The van der Waals surface area contributed by atoms with Crippen molar-refractivity contribution in [2.75, 3.05) is 13.7 Å². The molecule has 182 valence electrons. The molecule has 7 heteroatoms. The molecule has 4 rings (SSSR count). The van der Waals surface area contributed by atoms with Crippen LogP contribution in [0.5, 0.6) is 11.5 Å². The number of hydrogen-bond acceptors (Lipinski definition) is 5. The van der Waals surface area contributed by atoms with Crippen LogP contribution in [0.25, 0.3) is 0 Å². The molecule has 0 aromatic heterocycles. The molecule has 0 bridgehead atoms. The number of methoxy groups -OCH3 is 1. The van der Waals surface area contributed by atoms with Crippen molar-refractivity contribution in [3.63, 3.8) is 0 Å². The van der Waals surface area contributed by atoms with Crippen LogP contribution in [0.4, 0.5) is 4.79 Å². The van der Waals surface area contributed by atoms with E-state index in [0.29, 0.717) is 41.9 Å². The van der Waals surface area contributed by atoms with Crippen LogP contribution in [-0.4, -0.2) is 50.3 Å². The van der Waals surface area contributed by atoms with Gasteiger partial charge in [0, 0.05) is 25.1 Å². The summed E-state index contributed by atoms with van der Waals surface area (Å²) in [7, 11) is -0.692. The molecule has 1 aliphatic carbocycles. The summed E-state index contributed by atoms with van der Waals surface area (Å²) in [5.74, 6) is 1.46. The third-order valence-electron chi connectivity index (χ3n) is 8.19. The first kappa shape index (κ1) is 24.1. The number of ether oxygens (including phenoxy) is 2. The molecule has 3 atom stereocenters. The van der Waals surface area contributed by atoms with Gasteiger partial charge in [0.05, 0.1) is 18.6 Å². The number of aliphatic hydroxyl groups excluding tert-OH is 1. The van der Waals surface area contributed by atoms with Crippen molar-refractivity contribution in [2.45, 2.75) is 95.2 Å². The van der Waals surface area contributed by atoms with E-state index >= 15 is 0 Å². The molecule has 2 heterocycles. The van der Waals surface area contributed by atoms with E-state index < -0.39 is 14.4 Å². The van der Waals surface area contributed by atoms with E-state index in [2.05, 4.69) is 47.6 Å². The zero-order valence-electron chi connectivity index (χ0n) is 21.1. The van der Waals surface area contributed by atoms with Gasteiger partial charge in [0.15, 0.2) is 11.5 Å². The summed E-state index contributed by atoms with van der Waals surface area (Å²) >= 11 is 0. The van der Waals surface area contributed by atoms with Gasteiger partial charge in [-0.25, -0.2) is 4.79 Å². The lowest BCUT2D eigenvalue weighted by molar-refractivity contribution is 0.0800. The minimum Gasteiger partial charge on any atom is -0.503 e. The first-order valence-electron chi connectivity index (χ1n) is 12.3. The molecule has 3 aliphatic rings. The van der Waals surface area contributed by atoms with Crippen LogP contribution in [0.15, 0.2) is 24.3 Å². The molecular formula is C26H39NO5Si. The van der Waals surface area contributed by atoms with E-state index in [1.165, 1.54) is 0 Å². The molecule has 2 aliphatic heterocycles. The van der Waals surface area contributed by atoms with E-state index in [9.17, 15) is 9.90 Å². The Labute approximate surface area is 199 Å². The summed E-state index contributed by atoms with van der Waals surface area (Å²) in [5, 5.41) is 10.3. The van der Waals surface area contributed by atoms with Gasteiger partial charge in [-0.05, 0) is 34.7 Å². The average Bonchev–Trinajstić information content (AvgIpc) is 2.98. The lowest BCUT2D eigenvalue weighted by Gasteiger charge is -2.42. The topological polar surface area (TPSA) is 68.2 Å². The fourth-order valence-corrected chi connectivity index (χ4v) is 11.8. The summed E-state index contributed by atoms with van der Waals surface area (Å²) in [4.78, 5) is 15.5. The highest BCUT2D eigenvalue weighted by atomic mass is 28.4. The van der Waals surface area contributed by atoms with Gasteiger partial charge in [0.2, 0.25) is 0 Å². The van der Waals surface area contributed by atoms with E-state index in [-0.39, 0.29) is 17.6 Å². The van der Waals surface area contributed by atoms with Crippen molar-refractivity contribution >= 4 is 14.4 Å². The first-order valence-corrected chi connectivity index (χ1v) is 14.4. The van der Waals surface area contributed by atoms with Crippen LogP contribution in [0.3, 0.4) is 0 Å². The Morgan fingerprint density at radius 1 is 1.18 bits per heavy atom. The molecule has 0 fully saturated rings. The Bertz CT molecular complexity index is 921.